The van der Waals surface area contributed by atoms with Crippen molar-refractivity contribution in [3.05, 3.63) is 85.1 Å². The molecular formula is C74H130O6. The molecule has 0 rings (SSSR count). The number of ether oxygens (including phenoxy) is 3. The molecule has 0 bridgehead atoms. The van der Waals surface area contributed by atoms with Crippen LogP contribution >= 0.6 is 0 Å². The smallest absolute Gasteiger partial charge is 0.306 e. The van der Waals surface area contributed by atoms with Crippen molar-refractivity contribution in [3.8, 4) is 0 Å². The largest absolute Gasteiger partial charge is 0.462 e. The highest BCUT2D eigenvalue weighted by atomic mass is 16.6. The van der Waals surface area contributed by atoms with Crippen LogP contribution in [0.5, 0.6) is 0 Å². The Hall–Kier alpha value is -3.41. The maximum absolute atomic E-state index is 12.9. The molecule has 0 aromatic heterocycles. The number of esters is 3. The lowest BCUT2D eigenvalue weighted by molar-refractivity contribution is -0.167. The van der Waals surface area contributed by atoms with Crippen LogP contribution in [-0.2, 0) is 28.6 Å². The van der Waals surface area contributed by atoms with Gasteiger partial charge in [0.1, 0.15) is 13.2 Å². The van der Waals surface area contributed by atoms with E-state index >= 15 is 0 Å². The summed E-state index contributed by atoms with van der Waals surface area (Å²) in [5.74, 6) is -0.868. The third-order valence-electron chi connectivity index (χ3n) is 15.1. The molecule has 1 atom stereocenters. The van der Waals surface area contributed by atoms with E-state index in [1.54, 1.807) is 0 Å². The van der Waals surface area contributed by atoms with Crippen molar-refractivity contribution in [2.24, 2.45) is 0 Å². The fourth-order valence-electron chi connectivity index (χ4n) is 9.97. The van der Waals surface area contributed by atoms with E-state index in [1.807, 2.05) is 0 Å². The molecular weight excluding hydrogens is 985 g/mol. The molecule has 0 aromatic carbocycles. The van der Waals surface area contributed by atoms with E-state index < -0.39 is 6.10 Å². The molecule has 462 valence electrons. The summed E-state index contributed by atoms with van der Waals surface area (Å²) in [4.78, 5) is 38.4. The Morgan fingerprint density at radius 3 is 0.775 bits per heavy atom. The molecule has 0 radical (unpaired) electrons. The van der Waals surface area contributed by atoms with Crippen molar-refractivity contribution >= 4 is 17.9 Å². The second-order valence-electron chi connectivity index (χ2n) is 23.1. The van der Waals surface area contributed by atoms with Gasteiger partial charge in [-0.05, 0) is 96.3 Å². The topological polar surface area (TPSA) is 78.9 Å². The highest BCUT2D eigenvalue weighted by Crippen LogP contribution is 2.17. The van der Waals surface area contributed by atoms with Crippen molar-refractivity contribution in [1.82, 2.24) is 0 Å². The number of unbranched alkanes of at least 4 members (excludes halogenated alkanes) is 38. The summed E-state index contributed by atoms with van der Waals surface area (Å²) in [6.07, 6.45) is 90.2. The molecule has 1 unspecified atom stereocenters. The Kier molecular flexibility index (Phi) is 65.2. The van der Waals surface area contributed by atoms with Crippen LogP contribution in [0.4, 0.5) is 0 Å². The summed E-state index contributed by atoms with van der Waals surface area (Å²) >= 11 is 0. The van der Waals surface area contributed by atoms with E-state index in [4.69, 9.17) is 14.2 Å². The fraction of sp³-hybridized carbons (Fsp3) is 0.770. The average Bonchev–Trinajstić information content (AvgIpc) is 3.46. The van der Waals surface area contributed by atoms with Gasteiger partial charge in [-0.25, -0.2) is 0 Å². The van der Waals surface area contributed by atoms with Crippen LogP contribution < -0.4 is 0 Å². The van der Waals surface area contributed by atoms with Crippen LogP contribution in [0.1, 0.15) is 348 Å². The predicted octanol–water partition coefficient (Wildman–Crippen LogP) is 23.8. The van der Waals surface area contributed by atoms with Gasteiger partial charge in [-0.1, -0.05) is 318 Å². The van der Waals surface area contributed by atoms with Gasteiger partial charge < -0.3 is 14.2 Å². The zero-order valence-corrected chi connectivity index (χ0v) is 53.1. The van der Waals surface area contributed by atoms with E-state index in [-0.39, 0.29) is 31.1 Å². The van der Waals surface area contributed by atoms with Crippen molar-refractivity contribution in [2.45, 2.75) is 354 Å². The molecule has 0 aliphatic carbocycles. The van der Waals surface area contributed by atoms with Crippen LogP contribution in [0.2, 0.25) is 0 Å². The molecule has 6 heteroatoms. The van der Waals surface area contributed by atoms with E-state index in [0.29, 0.717) is 19.3 Å². The van der Waals surface area contributed by atoms with Gasteiger partial charge >= 0.3 is 17.9 Å². The quantitative estimate of drug-likeness (QED) is 0.0261. The molecule has 80 heavy (non-hydrogen) atoms. The molecule has 0 N–H and O–H groups in total. The number of hydrogen-bond acceptors (Lipinski definition) is 6. The lowest BCUT2D eigenvalue weighted by Crippen LogP contribution is -2.30. The van der Waals surface area contributed by atoms with Gasteiger partial charge in [-0.15, -0.1) is 0 Å². The Labute approximate surface area is 496 Å². The number of allylic oxidation sites excluding steroid dienone is 14. The molecule has 0 aliphatic rings. The first-order valence-corrected chi connectivity index (χ1v) is 34.6. The first-order chi connectivity index (χ1) is 39.5. The van der Waals surface area contributed by atoms with Gasteiger partial charge in [0.05, 0.1) is 0 Å². The highest BCUT2D eigenvalue weighted by molar-refractivity contribution is 5.71. The minimum Gasteiger partial charge on any atom is -0.462 e. The van der Waals surface area contributed by atoms with Crippen molar-refractivity contribution in [1.29, 1.82) is 0 Å². The second kappa shape index (κ2) is 68.1. The fourth-order valence-corrected chi connectivity index (χ4v) is 9.97. The van der Waals surface area contributed by atoms with Crippen LogP contribution in [0, 0.1) is 0 Å². The Balaban J connectivity index is 4.33. The van der Waals surface area contributed by atoms with Gasteiger partial charge in [0.15, 0.2) is 6.10 Å². The maximum atomic E-state index is 12.9. The molecule has 0 spiro atoms. The highest BCUT2D eigenvalue weighted by Gasteiger charge is 2.19. The molecule has 0 amide bonds. The first kappa shape index (κ1) is 76.6. The second-order valence-corrected chi connectivity index (χ2v) is 23.1. The number of hydrogen-bond donors (Lipinski definition) is 0. The van der Waals surface area contributed by atoms with E-state index in [0.717, 1.165) is 103 Å². The van der Waals surface area contributed by atoms with E-state index in [2.05, 4.69) is 106 Å². The summed E-state index contributed by atoms with van der Waals surface area (Å²) in [6.45, 7) is 6.57. The summed E-state index contributed by atoms with van der Waals surface area (Å²) in [6, 6.07) is 0. The normalized spacial score (nSPS) is 12.6. The van der Waals surface area contributed by atoms with Crippen LogP contribution in [-0.4, -0.2) is 37.2 Å². The standard InChI is InChI=1S/C74H130O6/c1-4-7-10-13-16-19-22-25-28-30-32-34-35-36-37-38-39-41-42-44-46-49-52-55-58-61-64-67-73(76)79-70-71(69-78-72(75)66-63-60-57-54-51-48-27-24-21-18-15-12-9-6-3)80-74(77)68-65-62-59-56-53-50-47-45-43-40-33-31-29-26-23-20-17-14-11-8-5-2/h7,10,16,19,25,28,31-34,36-37,39,41,71H,4-6,8-9,11-15,17-18,20-24,26-27,29-30,35,38,40,42-70H2,1-3H3/b10-7-,19-16-,28-25-,33-31-,34-32-,37-36-,41-39-. The third kappa shape index (κ3) is 65.4. The Bertz CT molecular complexity index is 1520. The van der Waals surface area contributed by atoms with Crippen LogP contribution in [0.15, 0.2) is 85.1 Å². The SMILES string of the molecule is CC/C=C\C/C=C\C/C=C\C/C=C\C/C=C\C/C=C\CCCCCCCCCCC(=O)OCC(COC(=O)CCCCCCCCCCCCCCCC)OC(=O)CCCCCCCCCCC/C=C\CCCCCCCCCC. The van der Waals surface area contributed by atoms with Crippen LogP contribution in [0.3, 0.4) is 0 Å². The van der Waals surface area contributed by atoms with Crippen molar-refractivity contribution in [2.75, 3.05) is 13.2 Å². The number of carbonyl (C=O) groups is 3. The maximum Gasteiger partial charge on any atom is 0.306 e. The Morgan fingerprint density at radius 2 is 0.487 bits per heavy atom. The summed E-state index contributed by atoms with van der Waals surface area (Å²) < 4.78 is 17.0. The third-order valence-corrected chi connectivity index (χ3v) is 15.1. The summed E-state index contributed by atoms with van der Waals surface area (Å²) in [7, 11) is 0. The van der Waals surface area contributed by atoms with Crippen molar-refractivity contribution < 1.29 is 28.6 Å². The molecule has 0 fully saturated rings. The minimum absolute atomic E-state index is 0.0759. The lowest BCUT2D eigenvalue weighted by atomic mass is 10.0. The van der Waals surface area contributed by atoms with Gasteiger partial charge in [-0.2, -0.15) is 0 Å². The molecule has 6 nitrogen and oxygen atoms in total. The average molecular weight is 1120 g/mol. The molecule has 0 aliphatic heterocycles. The molecule has 0 saturated carbocycles. The lowest BCUT2D eigenvalue weighted by Gasteiger charge is -2.18. The monoisotopic (exact) mass is 1110 g/mol. The molecule has 0 aromatic rings. The zero-order chi connectivity index (χ0) is 57.8. The van der Waals surface area contributed by atoms with E-state index in [1.165, 1.54) is 205 Å². The van der Waals surface area contributed by atoms with E-state index in [9.17, 15) is 14.4 Å². The summed E-state index contributed by atoms with van der Waals surface area (Å²) in [5.41, 5.74) is 0. The van der Waals surface area contributed by atoms with Gasteiger partial charge in [0, 0.05) is 19.3 Å². The first-order valence-electron chi connectivity index (χ1n) is 34.6. The van der Waals surface area contributed by atoms with Gasteiger partial charge in [-0.3, -0.25) is 14.4 Å². The number of carbonyl (C=O) groups excluding carboxylic acids is 3. The number of rotatable bonds is 63. The molecule has 0 saturated heterocycles. The Morgan fingerprint density at radius 1 is 0.263 bits per heavy atom. The van der Waals surface area contributed by atoms with Crippen molar-refractivity contribution in [3.63, 3.8) is 0 Å². The van der Waals surface area contributed by atoms with Crippen LogP contribution in [0.25, 0.3) is 0 Å². The molecule has 0 heterocycles. The zero-order valence-electron chi connectivity index (χ0n) is 53.1. The van der Waals surface area contributed by atoms with Gasteiger partial charge in [0.2, 0.25) is 0 Å². The van der Waals surface area contributed by atoms with Gasteiger partial charge in [0.25, 0.3) is 0 Å². The predicted molar refractivity (Wildman–Crippen MR) is 348 cm³/mol. The summed E-state index contributed by atoms with van der Waals surface area (Å²) in [5, 5.41) is 0. The minimum atomic E-state index is -0.781.